The largest absolute Gasteiger partial charge is 0.358 e. The third-order valence-electron chi connectivity index (χ3n) is 2.42. The maximum absolute atomic E-state index is 12.8. The average molecular weight is 337 g/mol. The first-order chi connectivity index (χ1) is 9.56. The van der Waals surface area contributed by atoms with Crippen molar-refractivity contribution in [3.05, 3.63) is 17.5 Å². The lowest BCUT2D eigenvalue weighted by atomic mass is 10.4. The second-order valence-corrected chi connectivity index (χ2v) is 8.12. The number of aryl methyl sites for hydroxylation is 2. The zero-order valence-electron chi connectivity index (χ0n) is 13.2. The number of carbonyl (C=O) groups excluding carboxylic acids is 1. The van der Waals surface area contributed by atoms with Crippen LogP contribution in [0.1, 0.15) is 43.9 Å². The zero-order chi connectivity index (χ0) is 16.4. The molecule has 0 aliphatic heterocycles. The number of alkyl halides is 1. The summed E-state index contributed by atoms with van der Waals surface area (Å²) >= 11 is 6.12. The van der Waals surface area contributed by atoms with E-state index in [1.165, 1.54) is 0 Å². The normalized spacial score (nSPS) is 14.0. The van der Waals surface area contributed by atoms with Crippen molar-refractivity contribution in [3.8, 4) is 0 Å². The molecule has 0 aliphatic carbocycles. The van der Waals surface area contributed by atoms with Gasteiger partial charge in [0.25, 0.3) is 5.91 Å². The SMILES string of the molecule is Cc1cc(C)n(C(=O)C(Cl)P(=O)(OC(C)C)OC(C)C)n1. The van der Waals surface area contributed by atoms with Gasteiger partial charge < -0.3 is 9.05 Å². The highest BCUT2D eigenvalue weighted by Crippen LogP contribution is 2.57. The van der Waals surface area contributed by atoms with E-state index in [0.29, 0.717) is 11.4 Å². The molecule has 1 unspecified atom stereocenters. The van der Waals surface area contributed by atoms with Crippen LogP contribution in [0.5, 0.6) is 0 Å². The number of hydrogen-bond acceptors (Lipinski definition) is 5. The molecule has 0 aromatic carbocycles. The molecule has 0 fully saturated rings. The van der Waals surface area contributed by atoms with Crippen molar-refractivity contribution in [1.82, 2.24) is 9.78 Å². The summed E-state index contributed by atoms with van der Waals surface area (Å²) in [7, 11) is -3.80. The second-order valence-electron chi connectivity index (χ2n) is 5.36. The summed E-state index contributed by atoms with van der Waals surface area (Å²) in [6.07, 6.45) is -0.770. The van der Waals surface area contributed by atoms with Crippen LogP contribution in [0.3, 0.4) is 0 Å². The molecule has 8 heteroatoms. The lowest BCUT2D eigenvalue weighted by Gasteiger charge is -2.25. The molecule has 0 spiro atoms. The van der Waals surface area contributed by atoms with Crippen molar-refractivity contribution in [2.45, 2.75) is 58.9 Å². The van der Waals surface area contributed by atoms with Gasteiger partial charge in [-0.3, -0.25) is 9.36 Å². The molecule has 1 aromatic heterocycles. The number of carbonyl (C=O) groups is 1. The van der Waals surface area contributed by atoms with Crippen molar-refractivity contribution in [2.75, 3.05) is 0 Å². The minimum absolute atomic E-state index is 0.385. The fraction of sp³-hybridized carbons (Fsp3) is 0.692. The molecule has 1 atom stereocenters. The van der Waals surface area contributed by atoms with Crippen molar-refractivity contribution in [1.29, 1.82) is 0 Å². The first-order valence-electron chi connectivity index (χ1n) is 6.75. The van der Waals surface area contributed by atoms with Gasteiger partial charge in [0.15, 0.2) is 0 Å². The quantitative estimate of drug-likeness (QED) is 0.584. The summed E-state index contributed by atoms with van der Waals surface area (Å²) in [5.74, 6) is -0.619. The number of hydrogen-bond donors (Lipinski definition) is 0. The summed E-state index contributed by atoms with van der Waals surface area (Å²) in [6.45, 7) is 10.3. The molecule has 1 heterocycles. The van der Waals surface area contributed by atoms with Gasteiger partial charge in [-0.15, -0.1) is 0 Å². The topological polar surface area (TPSA) is 70.4 Å². The molecule has 0 N–H and O–H groups in total. The molecule has 0 aliphatic rings. The van der Waals surface area contributed by atoms with E-state index in [2.05, 4.69) is 5.10 Å². The zero-order valence-corrected chi connectivity index (χ0v) is 14.8. The Balaban J connectivity index is 3.10. The van der Waals surface area contributed by atoms with Gasteiger partial charge in [-0.1, -0.05) is 11.6 Å². The minimum atomic E-state index is -3.80. The van der Waals surface area contributed by atoms with Crippen LogP contribution in [0.4, 0.5) is 0 Å². The van der Waals surface area contributed by atoms with Crippen LogP contribution in [0.25, 0.3) is 0 Å². The van der Waals surface area contributed by atoms with Crippen LogP contribution in [-0.2, 0) is 13.6 Å². The average Bonchev–Trinajstić information content (AvgIpc) is 2.64. The Kier molecular flexibility index (Phi) is 6.17. The van der Waals surface area contributed by atoms with E-state index < -0.39 is 18.6 Å². The monoisotopic (exact) mass is 336 g/mol. The summed E-state index contributed by atoms with van der Waals surface area (Å²) < 4.78 is 24.6. The molecule has 0 bridgehead atoms. The highest BCUT2D eigenvalue weighted by molar-refractivity contribution is 7.57. The van der Waals surface area contributed by atoms with Crippen LogP contribution in [0.15, 0.2) is 6.07 Å². The number of nitrogens with zero attached hydrogens (tertiary/aromatic N) is 2. The van der Waals surface area contributed by atoms with Crippen molar-refractivity contribution in [3.63, 3.8) is 0 Å². The lowest BCUT2D eigenvalue weighted by Crippen LogP contribution is -2.27. The van der Waals surface area contributed by atoms with Crippen LogP contribution in [-0.4, -0.2) is 33.0 Å². The lowest BCUT2D eigenvalue weighted by molar-refractivity contribution is 0.0879. The number of aromatic nitrogens is 2. The van der Waals surface area contributed by atoms with Gasteiger partial charge in [-0.25, -0.2) is 4.68 Å². The van der Waals surface area contributed by atoms with Gasteiger partial charge in [0.2, 0.25) is 5.12 Å². The highest BCUT2D eigenvalue weighted by atomic mass is 35.5. The van der Waals surface area contributed by atoms with Crippen LogP contribution in [0, 0.1) is 13.8 Å². The van der Waals surface area contributed by atoms with Gasteiger partial charge in [0, 0.05) is 5.69 Å². The van der Waals surface area contributed by atoms with Crippen molar-refractivity contribution in [2.24, 2.45) is 0 Å². The predicted molar refractivity (Wildman–Crippen MR) is 82.0 cm³/mol. The van der Waals surface area contributed by atoms with E-state index in [1.807, 2.05) is 0 Å². The first kappa shape index (κ1) is 18.4. The van der Waals surface area contributed by atoms with Crippen LogP contribution >= 0.6 is 19.2 Å². The predicted octanol–water partition coefficient (Wildman–Crippen LogP) is 3.75. The summed E-state index contributed by atoms with van der Waals surface area (Å²) in [6, 6.07) is 1.74. The third-order valence-corrected chi connectivity index (χ3v) is 5.53. The van der Waals surface area contributed by atoms with Gasteiger partial charge in [0.1, 0.15) is 0 Å². The van der Waals surface area contributed by atoms with E-state index >= 15 is 0 Å². The standard InChI is InChI=1S/C13H22ClN2O4P/c1-8(2)19-21(18,20-9(3)4)12(14)13(17)16-11(6)7-10(5)15-16/h7-9,12H,1-6H3. The van der Waals surface area contributed by atoms with E-state index in [-0.39, 0.29) is 12.2 Å². The molecule has 6 nitrogen and oxygen atoms in total. The van der Waals surface area contributed by atoms with E-state index in [1.54, 1.807) is 47.6 Å². The maximum Gasteiger partial charge on any atom is 0.358 e. The van der Waals surface area contributed by atoms with Gasteiger partial charge in [0.05, 0.1) is 17.9 Å². The van der Waals surface area contributed by atoms with Gasteiger partial charge in [-0.2, -0.15) is 5.10 Å². The molecule has 1 rings (SSSR count). The Morgan fingerprint density at radius 1 is 1.24 bits per heavy atom. The Morgan fingerprint density at radius 2 is 1.71 bits per heavy atom. The van der Waals surface area contributed by atoms with E-state index in [0.717, 1.165) is 4.68 Å². The Bertz CT molecular complexity index is 542. The molecule has 0 saturated carbocycles. The molecule has 120 valence electrons. The van der Waals surface area contributed by atoms with E-state index in [4.69, 9.17) is 20.6 Å². The molecule has 21 heavy (non-hydrogen) atoms. The Labute approximate surface area is 130 Å². The van der Waals surface area contributed by atoms with E-state index in [9.17, 15) is 9.36 Å². The molecule has 0 radical (unpaired) electrons. The summed E-state index contributed by atoms with van der Waals surface area (Å²) in [4.78, 5) is 12.4. The smallest absolute Gasteiger partial charge is 0.304 e. The summed E-state index contributed by atoms with van der Waals surface area (Å²) in [5.41, 5.74) is 1.29. The first-order valence-corrected chi connectivity index (χ1v) is 8.79. The fourth-order valence-electron chi connectivity index (χ4n) is 1.81. The maximum atomic E-state index is 12.8. The number of halogens is 1. The van der Waals surface area contributed by atoms with Gasteiger partial charge in [-0.05, 0) is 47.6 Å². The molecule has 0 amide bonds. The molecule has 0 saturated heterocycles. The number of rotatable bonds is 6. The summed E-state index contributed by atoms with van der Waals surface area (Å²) in [5, 5.41) is 2.61. The highest BCUT2D eigenvalue weighted by Gasteiger charge is 2.43. The van der Waals surface area contributed by atoms with Gasteiger partial charge >= 0.3 is 7.60 Å². The Morgan fingerprint density at radius 3 is 2.05 bits per heavy atom. The fourth-order valence-corrected chi connectivity index (χ4v) is 3.99. The van der Waals surface area contributed by atoms with Crippen molar-refractivity contribution < 1.29 is 18.4 Å². The second kappa shape index (κ2) is 7.05. The van der Waals surface area contributed by atoms with Crippen LogP contribution in [0.2, 0.25) is 0 Å². The minimum Gasteiger partial charge on any atom is -0.304 e. The Hall–Kier alpha value is -0.680. The van der Waals surface area contributed by atoms with Crippen molar-refractivity contribution >= 4 is 25.1 Å². The molecule has 1 aromatic rings. The van der Waals surface area contributed by atoms with Crippen LogP contribution < -0.4 is 0 Å². The third kappa shape index (κ3) is 4.65. The molecular weight excluding hydrogens is 315 g/mol. The molecular formula is C13H22ClN2O4P.